The number of sulfonamides is 1. The lowest BCUT2D eigenvalue weighted by Crippen LogP contribution is -2.36. The molecule has 0 aliphatic carbocycles. The lowest BCUT2D eigenvalue weighted by Gasteiger charge is -2.18. The number of hydrogen-bond acceptors (Lipinski definition) is 4. The van der Waals surface area contributed by atoms with Crippen molar-refractivity contribution >= 4 is 21.6 Å². The highest BCUT2D eigenvalue weighted by Gasteiger charge is 2.15. The molecular weight excluding hydrogens is 352 g/mol. The van der Waals surface area contributed by atoms with Gasteiger partial charge < -0.3 is 10.1 Å². The van der Waals surface area contributed by atoms with Crippen molar-refractivity contribution in [1.82, 2.24) is 5.32 Å². The lowest BCUT2D eigenvalue weighted by molar-refractivity contribution is 0.0926. The van der Waals surface area contributed by atoms with Crippen LogP contribution in [0.3, 0.4) is 0 Å². The number of carbonyl (C=O) groups excluding carboxylic acids is 1. The fraction of sp³-hybridized carbons (Fsp3) is 0.316. The Bertz CT molecular complexity index is 863. The van der Waals surface area contributed by atoms with Gasteiger partial charge in [-0.2, -0.15) is 0 Å². The third-order valence-corrected chi connectivity index (χ3v) is 5.07. The van der Waals surface area contributed by atoms with Gasteiger partial charge in [-0.15, -0.1) is 0 Å². The molecule has 0 saturated carbocycles. The molecule has 7 heteroatoms. The smallest absolute Gasteiger partial charge is 0.251 e. The summed E-state index contributed by atoms with van der Waals surface area (Å²) < 4.78 is 30.1. The van der Waals surface area contributed by atoms with Crippen LogP contribution in [0.5, 0.6) is 5.75 Å². The van der Waals surface area contributed by atoms with Crippen molar-refractivity contribution in [3.63, 3.8) is 0 Å². The van der Waals surface area contributed by atoms with Gasteiger partial charge in [0.2, 0.25) is 10.0 Å². The molecule has 0 heterocycles. The van der Waals surface area contributed by atoms with Gasteiger partial charge in [-0.25, -0.2) is 8.42 Å². The van der Waals surface area contributed by atoms with Crippen LogP contribution >= 0.6 is 0 Å². The highest BCUT2D eigenvalue weighted by Crippen LogP contribution is 2.17. The van der Waals surface area contributed by atoms with Crippen molar-refractivity contribution in [3.05, 3.63) is 59.7 Å². The van der Waals surface area contributed by atoms with Gasteiger partial charge in [-0.3, -0.25) is 9.10 Å². The third kappa shape index (κ3) is 5.49. The van der Waals surface area contributed by atoms with Crippen LogP contribution in [0.15, 0.2) is 48.5 Å². The van der Waals surface area contributed by atoms with E-state index in [0.29, 0.717) is 17.9 Å². The molecule has 1 N–H and O–H groups in total. The van der Waals surface area contributed by atoms with E-state index in [2.05, 4.69) is 5.32 Å². The van der Waals surface area contributed by atoms with E-state index >= 15 is 0 Å². The molecule has 0 radical (unpaired) electrons. The largest absolute Gasteiger partial charge is 0.491 e. The summed E-state index contributed by atoms with van der Waals surface area (Å²) in [5, 5.41) is 2.85. The minimum absolute atomic E-state index is 0.208. The predicted molar refractivity (Wildman–Crippen MR) is 103 cm³/mol. The molecule has 1 atom stereocenters. The number of nitrogens with zero attached hydrogens (tertiary/aromatic N) is 1. The molecule has 0 fully saturated rings. The molecule has 0 spiro atoms. The number of nitrogens with one attached hydrogen (secondary N) is 1. The number of hydrogen-bond donors (Lipinski definition) is 1. The third-order valence-electron chi connectivity index (χ3n) is 3.87. The first kappa shape index (κ1) is 19.8. The minimum Gasteiger partial charge on any atom is -0.491 e. The number of carbonyl (C=O) groups is 1. The standard InChI is InChI=1S/C19H24N2O4S/c1-14-8-10-18(11-9-14)25-13-15(2)20-19(22)16-6-5-7-17(12-16)21(3)26(4,23)24/h5-12,15H,13H2,1-4H3,(H,20,22)/t15-/m1/s1. The van der Waals surface area contributed by atoms with Gasteiger partial charge in [-0.05, 0) is 44.2 Å². The molecule has 26 heavy (non-hydrogen) atoms. The molecule has 140 valence electrons. The summed E-state index contributed by atoms with van der Waals surface area (Å²) in [6.45, 7) is 4.18. The summed E-state index contributed by atoms with van der Waals surface area (Å²) in [7, 11) is -1.93. The Balaban J connectivity index is 1.97. The Kier molecular flexibility index (Phi) is 6.26. The molecule has 2 aromatic carbocycles. The number of amides is 1. The second-order valence-corrected chi connectivity index (χ2v) is 8.29. The Hall–Kier alpha value is -2.54. The predicted octanol–water partition coefficient (Wildman–Crippen LogP) is 2.59. The molecule has 0 saturated heterocycles. The Morgan fingerprint density at radius 1 is 1.19 bits per heavy atom. The van der Waals surface area contributed by atoms with Crippen molar-refractivity contribution in [1.29, 1.82) is 0 Å². The fourth-order valence-electron chi connectivity index (χ4n) is 2.24. The molecule has 2 aromatic rings. The quantitative estimate of drug-likeness (QED) is 0.806. The van der Waals surface area contributed by atoms with Gasteiger partial charge in [-0.1, -0.05) is 23.8 Å². The number of benzene rings is 2. The van der Waals surface area contributed by atoms with E-state index in [-0.39, 0.29) is 11.9 Å². The molecule has 6 nitrogen and oxygen atoms in total. The molecule has 2 rings (SSSR count). The van der Waals surface area contributed by atoms with Gasteiger partial charge in [0, 0.05) is 12.6 Å². The highest BCUT2D eigenvalue weighted by atomic mass is 32.2. The summed E-state index contributed by atoms with van der Waals surface area (Å²) in [5.74, 6) is 0.460. The summed E-state index contributed by atoms with van der Waals surface area (Å²) in [4.78, 5) is 12.4. The normalized spacial score (nSPS) is 12.3. The van der Waals surface area contributed by atoms with Crippen LogP contribution < -0.4 is 14.4 Å². The maximum atomic E-state index is 12.4. The monoisotopic (exact) mass is 376 g/mol. The average molecular weight is 376 g/mol. The van der Waals surface area contributed by atoms with E-state index in [0.717, 1.165) is 21.9 Å². The number of ether oxygens (including phenoxy) is 1. The summed E-state index contributed by atoms with van der Waals surface area (Å²) >= 11 is 0. The maximum absolute atomic E-state index is 12.4. The zero-order chi connectivity index (χ0) is 19.3. The second-order valence-electron chi connectivity index (χ2n) is 6.28. The Morgan fingerprint density at radius 2 is 1.85 bits per heavy atom. The summed E-state index contributed by atoms with van der Waals surface area (Å²) in [6, 6.07) is 14.0. The van der Waals surface area contributed by atoms with Gasteiger partial charge >= 0.3 is 0 Å². The molecule has 0 aliphatic rings. The van der Waals surface area contributed by atoms with Crippen molar-refractivity contribution in [2.75, 3.05) is 24.2 Å². The lowest BCUT2D eigenvalue weighted by atomic mass is 10.2. The van der Waals surface area contributed by atoms with E-state index in [1.165, 1.54) is 7.05 Å². The first-order valence-corrected chi connectivity index (χ1v) is 10.1. The van der Waals surface area contributed by atoms with Gasteiger partial charge in [0.15, 0.2) is 0 Å². The molecule has 0 unspecified atom stereocenters. The van der Waals surface area contributed by atoms with E-state index in [9.17, 15) is 13.2 Å². The Morgan fingerprint density at radius 3 is 2.46 bits per heavy atom. The SMILES string of the molecule is Cc1ccc(OC[C@@H](C)NC(=O)c2cccc(N(C)S(C)(=O)=O)c2)cc1. The maximum Gasteiger partial charge on any atom is 0.251 e. The van der Waals surface area contributed by atoms with Crippen molar-refractivity contribution in [2.45, 2.75) is 19.9 Å². The number of rotatable bonds is 7. The average Bonchev–Trinajstić information content (AvgIpc) is 2.60. The summed E-state index contributed by atoms with van der Waals surface area (Å²) in [6.07, 6.45) is 1.12. The van der Waals surface area contributed by atoms with E-state index in [1.54, 1.807) is 24.3 Å². The van der Waals surface area contributed by atoms with Gasteiger partial charge in [0.25, 0.3) is 5.91 Å². The van der Waals surface area contributed by atoms with Crippen LogP contribution in [0.2, 0.25) is 0 Å². The fourth-order valence-corrected chi connectivity index (χ4v) is 2.74. The minimum atomic E-state index is -3.38. The van der Waals surface area contributed by atoms with E-state index in [1.807, 2.05) is 38.1 Å². The zero-order valence-corrected chi connectivity index (χ0v) is 16.2. The van der Waals surface area contributed by atoms with Crippen molar-refractivity contribution in [3.8, 4) is 5.75 Å². The molecule has 0 aromatic heterocycles. The number of anilines is 1. The van der Waals surface area contributed by atoms with Crippen molar-refractivity contribution in [2.24, 2.45) is 0 Å². The van der Waals surface area contributed by atoms with Gasteiger partial charge in [0.1, 0.15) is 12.4 Å². The van der Waals surface area contributed by atoms with Crippen LogP contribution in [0.25, 0.3) is 0 Å². The molecule has 0 bridgehead atoms. The zero-order valence-electron chi connectivity index (χ0n) is 15.4. The van der Waals surface area contributed by atoms with Crippen LogP contribution in [0.1, 0.15) is 22.8 Å². The molecule has 0 aliphatic heterocycles. The first-order valence-electron chi connectivity index (χ1n) is 8.21. The second kappa shape index (κ2) is 8.23. The van der Waals surface area contributed by atoms with Crippen LogP contribution in [0.4, 0.5) is 5.69 Å². The topological polar surface area (TPSA) is 75.7 Å². The van der Waals surface area contributed by atoms with Gasteiger partial charge in [0.05, 0.1) is 18.0 Å². The van der Waals surface area contributed by atoms with Crippen molar-refractivity contribution < 1.29 is 17.9 Å². The highest BCUT2D eigenvalue weighted by molar-refractivity contribution is 7.92. The molecule has 1 amide bonds. The van der Waals surface area contributed by atoms with Crippen LogP contribution in [0, 0.1) is 6.92 Å². The van der Waals surface area contributed by atoms with Crippen LogP contribution in [-0.4, -0.2) is 40.3 Å². The molecular formula is C19H24N2O4S. The summed E-state index contributed by atoms with van der Waals surface area (Å²) in [5.41, 5.74) is 1.97. The number of aryl methyl sites for hydroxylation is 1. The first-order chi connectivity index (χ1) is 12.2. The van der Waals surface area contributed by atoms with E-state index < -0.39 is 10.0 Å². The Labute approximate surface area is 154 Å². The van der Waals surface area contributed by atoms with E-state index in [4.69, 9.17) is 4.74 Å². The van der Waals surface area contributed by atoms with Crippen LogP contribution in [-0.2, 0) is 10.0 Å².